The first-order valence-corrected chi connectivity index (χ1v) is 8.19. The van der Waals surface area contributed by atoms with Crippen molar-refractivity contribution in [2.24, 2.45) is 0 Å². The molecule has 0 aliphatic carbocycles. The molecule has 0 saturated heterocycles. The molecular formula is C16H14ClFN4S. The van der Waals surface area contributed by atoms with Crippen LogP contribution >= 0.6 is 23.4 Å². The minimum atomic E-state index is -0.252. The third kappa shape index (κ3) is 3.48. The van der Waals surface area contributed by atoms with Gasteiger partial charge in [0.05, 0.1) is 0 Å². The number of hydrogen-bond acceptors (Lipinski definition) is 4. The fourth-order valence-electron chi connectivity index (χ4n) is 2.11. The van der Waals surface area contributed by atoms with Gasteiger partial charge in [-0.2, -0.15) is 0 Å². The van der Waals surface area contributed by atoms with Gasteiger partial charge in [0.1, 0.15) is 5.82 Å². The zero-order chi connectivity index (χ0) is 16.4. The van der Waals surface area contributed by atoms with E-state index in [9.17, 15) is 4.39 Å². The molecule has 1 atom stereocenters. The maximum Gasteiger partial charge on any atom is 0.210 e. The second-order valence-electron chi connectivity index (χ2n) is 4.99. The number of hydrogen-bond donors (Lipinski definition) is 1. The summed E-state index contributed by atoms with van der Waals surface area (Å²) in [6.07, 6.45) is 0. The first-order chi connectivity index (χ1) is 11.0. The van der Waals surface area contributed by atoms with Crippen LogP contribution in [0.2, 0.25) is 5.02 Å². The summed E-state index contributed by atoms with van der Waals surface area (Å²) < 4.78 is 14.5. The monoisotopic (exact) mass is 348 g/mol. The number of benzene rings is 2. The van der Waals surface area contributed by atoms with Crippen LogP contribution in [0.3, 0.4) is 0 Å². The zero-order valence-corrected chi connectivity index (χ0v) is 13.9. The summed E-state index contributed by atoms with van der Waals surface area (Å²) in [5.74, 6) is 6.42. The zero-order valence-electron chi connectivity index (χ0n) is 12.3. The molecule has 0 spiro atoms. The minimum absolute atomic E-state index is 0.0696. The lowest BCUT2D eigenvalue weighted by Gasteiger charge is -2.11. The minimum Gasteiger partial charge on any atom is -0.335 e. The van der Waals surface area contributed by atoms with Crippen molar-refractivity contribution in [3.05, 3.63) is 64.9 Å². The molecule has 1 aromatic heterocycles. The van der Waals surface area contributed by atoms with Crippen molar-refractivity contribution in [1.82, 2.24) is 14.9 Å². The SMILES string of the molecule is C[C@H](Sc1nnc(-c2ccc(Cl)cc2)n1N)c1ccc(F)cc1. The van der Waals surface area contributed by atoms with Gasteiger partial charge in [0, 0.05) is 15.8 Å². The van der Waals surface area contributed by atoms with Crippen LogP contribution in [-0.4, -0.2) is 14.9 Å². The largest absolute Gasteiger partial charge is 0.335 e. The highest BCUT2D eigenvalue weighted by Gasteiger charge is 2.16. The van der Waals surface area contributed by atoms with E-state index >= 15 is 0 Å². The Morgan fingerprint density at radius 2 is 1.74 bits per heavy atom. The van der Waals surface area contributed by atoms with Gasteiger partial charge in [-0.3, -0.25) is 0 Å². The Balaban J connectivity index is 1.81. The van der Waals surface area contributed by atoms with Gasteiger partial charge in [0.15, 0.2) is 5.82 Å². The Bertz CT molecular complexity index is 802. The standard InChI is InChI=1S/C16H14ClFN4S/c1-10(11-4-8-14(18)9-5-11)23-16-21-20-15(22(16)19)12-2-6-13(17)7-3-12/h2-10H,19H2,1H3/t10-/m0/s1. The number of nitrogens with zero attached hydrogens (tertiary/aromatic N) is 3. The second kappa shape index (κ2) is 6.60. The molecule has 0 unspecified atom stereocenters. The smallest absolute Gasteiger partial charge is 0.210 e. The van der Waals surface area contributed by atoms with Crippen LogP contribution < -0.4 is 5.84 Å². The molecule has 2 N–H and O–H groups in total. The Hall–Kier alpha value is -2.05. The molecule has 4 nitrogen and oxygen atoms in total. The molecule has 7 heteroatoms. The highest BCUT2D eigenvalue weighted by atomic mass is 35.5. The van der Waals surface area contributed by atoms with Crippen LogP contribution in [0.4, 0.5) is 4.39 Å². The Morgan fingerprint density at radius 3 is 2.39 bits per heavy atom. The molecule has 0 aliphatic heterocycles. The number of halogens is 2. The van der Waals surface area contributed by atoms with Crippen LogP contribution in [0.5, 0.6) is 0 Å². The summed E-state index contributed by atoms with van der Waals surface area (Å²) in [7, 11) is 0. The first-order valence-electron chi connectivity index (χ1n) is 6.93. The van der Waals surface area contributed by atoms with E-state index in [4.69, 9.17) is 17.4 Å². The van der Waals surface area contributed by atoms with Gasteiger partial charge in [-0.1, -0.05) is 35.5 Å². The van der Waals surface area contributed by atoms with Crippen LogP contribution in [0.15, 0.2) is 53.7 Å². The van der Waals surface area contributed by atoms with E-state index in [1.54, 1.807) is 24.3 Å². The van der Waals surface area contributed by atoms with E-state index in [2.05, 4.69) is 10.2 Å². The lowest BCUT2D eigenvalue weighted by Crippen LogP contribution is -2.11. The van der Waals surface area contributed by atoms with E-state index in [1.807, 2.05) is 19.1 Å². The van der Waals surface area contributed by atoms with E-state index in [0.29, 0.717) is 16.0 Å². The number of aromatic nitrogens is 3. The predicted octanol–water partition coefficient (Wildman–Crippen LogP) is 4.30. The molecule has 118 valence electrons. The van der Waals surface area contributed by atoms with Gasteiger partial charge in [0.2, 0.25) is 5.16 Å². The maximum absolute atomic E-state index is 13.0. The van der Waals surface area contributed by atoms with Gasteiger partial charge < -0.3 is 5.84 Å². The summed E-state index contributed by atoms with van der Waals surface area (Å²) in [6, 6.07) is 13.6. The predicted molar refractivity (Wildman–Crippen MR) is 91.3 cm³/mol. The average Bonchev–Trinajstić information content (AvgIpc) is 2.90. The molecule has 3 rings (SSSR count). The van der Waals surface area contributed by atoms with Gasteiger partial charge >= 0.3 is 0 Å². The highest BCUT2D eigenvalue weighted by Crippen LogP contribution is 2.34. The van der Waals surface area contributed by atoms with Crippen molar-refractivity contribution in [2.75, 3.05) is 5.84 Å². The fourth-order valence-corrected chi connectivity index (χ4v) is 3.14. The number of nitrogen functional groups attached to an aromatic ring is 1. The summed E-state index contributed by atoms with van der Waals surface area (Å²) in [4.78, 5) is 0. The van der Waals surface area contributed by atoms with Gasteiger partial charge in [0.25, 0.3) is 0 Å². The molecule has 0 radical (unpaired) electrons. The number of thioether (sulfide) groups is 1. The molecule has 0 bridgehead atoms. The molecular weight excluding hydrogens is 335 g/mol. The van der Waals surface area contributed by atoms with Gasteiger partial charge in [-0.05, 0) is 48.9 Å². The summed E-state index contributed by atoms with van der Waals surface area (Å²) in [6.45, 7) is 2.01. The van der Waals surface area contributed by atoms with Crippen LogP contribution in [0, 0.1) is 5.82 Å². The van der Waals surface area contributed by atoms with Crippen molar-refractivity contribution >= 4 is 23.4 Å². The summed E-state index contributed by atoms with van der Waals surface area (Å²) in [5, 5.41) is 9.59. The second-order valence-corrected chi connectivity index (χ2v) is 6.74. The van der Waals surface area contributed by atoms with E-state index < -0.39 is 0 Å². The third-order valence-corrected chi connectivity index (χ3v) is 4.76. The maximum atomic E-state index is 13.0. The normalized spacial score (nSPS) is 12.3. The Morgan fingerprint density at radius 1 is 1.09 bits per heavy atom. The number of rotatable bonds is 4. The van der Waals surface area contributed by atoms with Crippen molar-refractivity contribution in [1.29, 1.82) is 0 Å². The van der Waals surface area contributed by atoms with Crippen molar-refractivity contribution in [2.45, 2.75) is 17.3 Å². The summed E-state index contributed by atoms with van der Waals surface area (Å²) >= 11 is 7.35. The number of nitrogens with two attached hydrogens (primary N) is 1. The van der Waals surface area contributed by atoms with Crippen LogP contribution in [-0.2, 0) is 0 Å². The average molecular weight is 349 g/mol. The molecule has 1 heterocycles. The molecule has 2 aromatic carbocycles. The molecule has 0 fully saturated rings. The van der Waals surface area contributed by atoms with E-state index in [0.717, 1.165) is 11.1 Å². The van der Waals surface area contributed by atoms with Crippen LogP contribution in [0.1, 0.15) is 17.7 Å². The molecule has 23 heavy (non-hydrogen) atoms. The molecule has 3 aromatic rings. The molecule has 0 saturated carbocycles. The lowest BCUT2D eigenvalue weighted by atomic mass is 10.2. The van der Waals surface area contributed by atoms with Crippen LogP contribution in [0.25, 0.3) is 11.4 Å². The molecule has 0 aliphatic rings. The Kier molecular flexibility index (Phi) is 4.54. The van der Waals surface area contributed by atoms with E-state index in [-0.39, 0.29) is 11.1 Å². The topological polar surface area (TPSA) is 56.7 Å². The summed E-state index contributed by atoms with van der Waals surface area (Å²) in [5.41, 5.74) is 1.83. The van der Waals surface area contributed by atoms with Crippen molar-refractivity contribution in [3.63, 3.8) is 0 Å². The Labute approximate surface area is 142 Å². The van der Waals surface area contributed by atoms with Crippen molar-refractivity contribution < 1.29 is 4.39 Å². The lowest BCUT2D eigenvalue weighted by molar-refractivity contribution is 0.627. The molecule has 0 amide bonds. The third-order valence-electron chi connectivity index (χ3n) is 3.39. The fraction of sp³-hybridized carbons (Fsp3) is 0.125. The first kappa shape index (κ1) is 15.8. The van der Waals surface area contributed by atoms with Gasteiger partial charge in [-0.15, -0.1) is 10.2 Å². The quantitative estimate of drug-likeness (QED) is 0.564. The van der Waals surface area contributed by atoms with Gasteiger partial charge in [-0.25, -0.2) is 9.07 Å². The highest BCUT2D eigenvalue weighted by molar-refractivity contribution is 7.99. The van der Waals surface area contributed by atoms with E-state index in [1.165, 1.54) is 28.6 Å². The van der Waals surface area contributed by atoms with Crippen molar-refractivity contribution in [3.8, 4) is 11.4 Å².